The lowest BCUT2D eigenvalue weighted by atomic mass is 10.0. The highest BCUT2D eigenvalue weighted by Crippen LogP contribution is 2.19. The lowest BCUT2D eigenvalue weighted by molar-refractivity contribution is 0.0420. The van der Waals surface area contributed by atoms with E-state index in [0.29, 0.717) is 12.1 Å². The van der Waals surface area contributed by atoms with Crippen LogP contribution in [0.1, 0.15) is 37.7 Å². The highest BCUT2D eigenvalue weighted by molar-refractivity contribution is 5.79. The second-order valence-electron chi connectivity index (χ2n) is 7.70. The van der Waals surface area contributed by atoms with E-state index in [9.17, 15) is 0 Å². The smallest absolute Gasteiger partial charge is 0.191 e. The molecule has 6 heteroatoms. The number of nitrogens with zero attached hydrogens (tertiary/aromatic N) is 2. The maximum atomic E-state index is 5.81. The second-order valence-corrected chi connectivity index (χ2v) is 7.70. The Labute approximate surface area is 169 Å². The Kier molecular flexibility index (Phi) is 9.07. The Balaban J connectivity index is 1.35. The van der Waals surface area contributed by atoms with Crippen molar-refractivity contribution in [3.63, 3.8) is 0 Å². The van der Waals surface area contributed by atoms with Crippen molar-refractivity contribution in [2.45, 2.75) is 50.8 Å². The summed E-state index contributed by atoms with van der Waals surface area (Å²) in [6.45, 7) is 6.36. The van der Waals surface area contributed by atoms with Gasteiger partial charge in [0.15, 0.2) is 5.96 Å². The van der Waals surface area contributed by atoms with Crippen LogP contribution in [0, 0.1) is 0 Å². The summed E-state index contributed by atoms with van der Waals surface area (Å²) in [4.78, 5) is 6.98. The largest absolute Gasteiger partial charge is 0.379 e. The molecule has 0 spiro atoms. The van der Waals surface area contributed by atoms with Gasteiger partial charge in [-0.25, -0.2) is 0 Å². The summed E-state index contributed by atoms with van der Waals surface area (Å²) in [6.07, 6.45) is 6.14. The Morgan fingerprint density at radius 1 is 1.21 bits per heavy atom. The van der Waals surface area contributed by atoms with Crippen LogP contribution in [0.4, 0.5) is 0 Å². The SMILES string of the molecule is CN=C(NCCCOC1CCOC1)NCC1CCCCN1Cc1ccccc1. The number of aliphatic imine (C=N–C) groups is 1. The first kappa shape index (κ1) is 21.1. The number of benzene rings is 1. The minimum atomic E-state index is 0.291. The number of hydrogen-bond donors (Lipinski definition) is 2. The molecule has 28 heavy (non-hydrogen) atoms. The van der Waals surface area contributed by atoms with Crippen molar-refractivity contribution in [1.29, 1.82) is 0 Å². The van der Waals surface area contributed by atoms with E-state index in [-0.39, 0.29) is 0 Å². The van der Waals surface area contributed by atoms with Gasteiger partial charge < -0.3 is 20.1 Å². The van der Waals surface area contributed by atoms with Crippen LogP contribution in [0.3, 0.4) is 0 Å². The minimum absolute atomic E-state index is 0.291. The third-order valence-electron chi connectivity index (χ3n) is 5.56. The zero-order valence-corrected chi connectivity index (χ0v) is 17.2. The molecule has 2 atom stereocenters. The highest BCUT2D eigenvalue weighted by Gasteiger charge is 2.22. The summed E-state index contributed by atoms with van der Waals surface area (Å²) in [5.74, 6) is 0.884. The lowest BCUT2D eigenvalue weighted by Gasteiger charge is -2.36. The monoisotopic (exact) mass is 388 g/mol. The Hall–Kier alpha value is -1.63. The van der Waals surface area contributed by atoms with Gasteiger partial charge in [-0.2, -0.15) is 0 Å². The van der Waals surface area contributed by atoms with Gasteiger partial charge in [-0.1, -0.05) is 36.8 Å². The van der Waals surface area contributed by atoms with E-state index in [1.807, 2.05) is 7.05 Å². The highest BCUT2D eigenvalue weighted by atomic mass is 16.5. The molecular formula is C22H36N4O2. The van der Waals surface area contributed by atoms with Gasteiger partial charge in [-0.15, -0.1) is 0 Å². The van der Waals surface area contributed by atoms with Crippen LogP contribution >= 0.6 is 0 Å². The number of guanidine groups is 1. The molecule has 1 aromatic rings. The topological polar surface area (TPSA) is 58.1 Å². The quantitative estimate of drug-likeness (QED) is 0.386. The normalized spacial score (nSPS) is 23.7. The molecule has 2 heterocycles. The molecule has 0 radical (unpaired) electrons. The van der Waals surface area contributed by atoms with Crippen LogP contribution in [0.5, 0.6) is 0 Å². The van der Waals surface area contributed by atoms with Crippen molar-refractivity contribution in [3.05, 3.63) is 35.9 Å². The van der Waals surface area contributed by atoms with Gasteiger partial charge in [-0.05, 0) is 37.8 Å². The molecule has 0 aromatic heterocycles. The third-order valence-corrected chi connectivity index (χ3v) is 5.56. The third kappa shape index (κ3) is 7.08. The molecule has 0 aliphatic carbocycles. The van der Waals surface area contributed by atoms with Crippen LogP contribution in [0.15, 0.2) is 35.3 Å². The van der Waals surface area contributed by atoms with Crippen molar-refractivity contribution in [3.8, 4) is 0 Å². The summed E-state index contributed by atoms with van der Waals surface area (Å²) in [5, 5.41) is 6.93. The molecule has 156 valence electrons. The fourth-order valence-corrected chi connectivity index (χ4v) is 3.93. The Morgan fingerprint density at radius 2 is 2.11 bits per heavy atom. The fraction of sp³-hybridized carbons (Fsp3) is 0.682. The van der Waals surface area contributed by atoms with Crippen molar-refractivity contribution in [1.82, 2.24) is 15.5 Å². The van der Waals surface area contributed by atoms with Crippen LogP contribution in [0.2, 0.25) is 0 Å². The average Bonchev–Trinajstić information content (AvgIpc) is 3.25. The molecule has 6 nitrogen and oxygen atoms in total. The Morgan fingerprint density at radius 3 is 2.89 bits per heavy atom. The standard InChI is InChI=1S/C22H36N4O2/c1-23-22(24-12-7-14-28-21-11-15-27-18-21)25-16-20-10-5-6-13-26(20)17-19-8-3-2-4-9-19/h2-4,8-9,20-21H,5-7,10-18H2,1H3,(H2,23,24,25). The predicted molar refractivity (Wildman–Crippen MR) is 114 cm³/mol. The summed E-state index contributed by atoms with van der Waals surface area (Å²) in [5.41, 5.74) is 1.39. The van der Waals surface area contributed by atoms with Crippen molar-refractivity contribution in [2.75, 3.05) is 46.5 Å². The van der Waals surface area contributed by atoms with Gasteiger partial charge in [0.1, 0.15) is 0 Å². The van der Waals surface area contributed by atoms with Gasteiger partial charge in [0.2, 0.25) is 0 Å². The molecule has 2 unspecified atom stereocenters. The van der Waals surface area contributed by atoms with Gasteiger partial charge in [0.05, 0.1) is 12.7 Å². The van der Waals surface area contributed by atoms with E-state index in [1.165, 1.54) is 31.4 Å². The summed E-state index contributed by atoms with van der Waals surface area (Å²) >= 11 is 0. The van der Waals surface area contributed by atoms with Crippen molar-refractivity contribution in [2.24, 2.45) is 4.99 Å². The molecule has 2 N–H and O–H groups in total. The second kappa shape index (κ2) is 12.0. The molecule has 2 aliphatic rings. The molecule has 3 rings (SSSR count). The van der Waals surface area contributed by atoms with Crippen LogP contribution in [-0.2, 0) is 16.0 Å². The van der Waals surface area contributed by atoms with Crippen LogP contribution < -0.4 is 10.6 Å². The van der Waals surface area contributed by atoms with Crippen molar-refractivity contribution >= 4 is 5.96 Å². The summed E-state index contributed by atoms with van der Waals surface area (Å²) in [6, 6.07) is 11.3. The molecule has 0 saturated carbocycles. The number of nitrogens with one attached hydrogen (secondary N) is 2. The molecule has 1 aromatic carbocycles. The fourth-order valence-electron chi connectivity index (χ4n) is 3.93. The summed E-state index contributed by atoms with van der Waals surface area (Å²) in [7, 11) is 1.84. The molecular weight excluding hydrogens is 352 g/mol. The first-order chi connectivity index (χ1) is 13.8. The maximum absolute atomic E-state index is 5.81. The molecule has 2 saturated heterocycles. The van der Waals surface area contributed by atoms with E-state index in [0.717, 1.165) is 58.3 Å². The van der Waals surface area contributed by atoms with Crippen molar-refractivity contribution < 1.29 is 9.47 Å². The van der Waals surface area contributed by atoms with Gasteiger partial charge >= 0.3 is 0 Å². The predicted octanol–water partition coefficient (Wildman–Crippen LogP) is 2.40. The molecule has 0 amide bonds. The molecule has 0 bridgehead atoms. The number of ether oxygens (including phenoxy) is 2. The zero-order valence-electron chi connectivity index (χ0n) is 17.2. The van der Waals surface area contributed by atoms with Crippen LogP contribution in [0.25, 0.3) is 0 Å². The number of likely N-dealkylation sites (tertiary alicyclic amines) is 1. The van der Waals surface area contributed by atoms with E-state index in [4.69, 9.17) is 9.47 Å². The zero-order chi connectivity index (χ0) is 19.4. The number of rotatable bonds is 9. The van der Waals surface area contributed by atoms with Gasteiger partial charge in [0.25, 0.3) is 0 Å². The van der Waals surface area contributed by atoms with Crippen LogP contribution in [-0.4, -0.2) is 69.5 Å². The van der Waals surface area contributed by atoms with E-state index in [2.05, 4.69) is 50.9 Å². The molecule has 2 aliphatic heterocycles. The first-order valence-corrected chi connectivity index (χ1v) is 10.8. The van der Waals surface area contributed by atoms with Gasteiger partial charge in [0, 0.05) is 45.9 Å². The molecule has 2 fully saturated rings. The Bertz CT molecular complexity index is 575. The average molecular weight is 389 g/mol. The maximum Gasteiger partial charge on any atom is 0.191 e. The van der Waals surface area contributed by atoms with E-state index in [1.54, 1.807) is 0 Å². The summed E-state index contributed by atoms with van der Waals surface area (Å²) < 4.78 is 11.1. The van der Waals surface area contributed by atoms with E-state index >= 15 is 0 Å². The number of piperidine rings is 1. The lowest BCUT2D eigenvalue weighted by Crippen LogP contribution is -2.49. The minimum Gasteiger partial charge on any atom is -0.379 e. The van der Waals surface area contributed by atoms with Gasteiger partial charge in [-0.3, -0.25) is 9.89 Å². The number of hydrogen-bond acceptors (Lipinski definition) is 4. The first-order valence-electron chi connectivity index (χ1n) is 10.8. The van der Waals surface area contributed by atoms with E-state index < -0.39 is 0 Å².